The molecule has 2 aromatic carbocycles. The van der Waals surface area contributed by atoms with E-state index in [0.717, 1.165) is 31.6 Å². The molecule has 118 valence electrons. The summed E-state index contributed by atoms with van der Waals surface area (Å²) in [6.45, 7) is 1.93. The SMILES string of the molecule is OC1=C(C2CCCN2c2ccccc2)CCN1c1ccccc1. The van der Waals surface area contributed by atoms with Crippen LogP contribution >= 0.6 is 0 Å². The van der Waals surface area contributed by atoms with Gasteiger partial charge in [-0.05, 0) is 43.5 Å². The van der Waals surface area contributed by atoms with Crippen LogP contribution in [-0.4, -0.2) is 24.2 Å². The number of benzene rings is 2. The maximum absolute atomic E-state index is 10.8. The molecule has 1 N–H and O–H groups in total. The van der Waals surface area contributed by atoms with E-state index in [1.165, 1.54) is 17.7 Å². The van der Waals surface area contributed by atoms with Crippen molar-refractivity contribution in [2.75, 3.05) is 22.9 Å². The lowest BCUT2D eigenvalue weighted by Crippen LogP contribution is -2.31. The number of aliphatic hydroxyl groups is 1. The van der Waals surface area contributed by atoms with Crippen molar-refractivity contribution in [2.24, 2.45) is 0 Å². The minimum absolute atomic E-state index is 0.325. The van der Waals surface area contributed by atoms with Crippen LogP contribution in [0.2, 0.25) is 0 Å². The molecular weight excluding hydrogens is 284 g/mol. The number of para-hydroxylation sites is 2. The number of hydrogen-bond acceptors (Lipinski definition) is 3. The summed E-state index contributed by atoms with van der Waals surface area (Å²) in [5.41, 5.74) is 3.52. The van der Waals surface area contributed by atoms with E-state index in [4.69, 9.17) is 0 Å². The highest BCUT2D eigenvalue weighted by atomic mass is 16.3. The highest BCUT2D eigenvalue weighted by Gasteiger charge is 2.34. The molecule has 2 aliphatic rings. The maximum atomic E-state index is 10.8. The molecule has 0 radical (unpaired) electrons. The van der Waals surface area contributed by atoms with Crippen LogP contribution in [0.1, 0.15) is 19.3 Å². The van der Waals surface area contributed by atoms with E-state index in [2.05, 4.69) is 47.4 Å². The third-order valence-electron chi connectivity index (χ3n) is 4.96. The molecule has 1 fully saturated rings. The Morgan fingerprint density at radius 1 is 0.826 bits per heavy atom. The van der Waals surface area contributed by atoms with Gasteiger partial charge in [-0.3, -0.25) is 0 Å². The summed E-state index contributed by atoms with van der Waals surface area (Å²) in [4.78, 5) is 4.48. The third-order valence-corrected chi connectivity index (χ3v) is 4.96. The zero-order valence-electron chi connectivity index (χ0n) is 13.2. The smallest absolute Gasteiger partial charge is 0.192 e. The first kappa shape index (κ1) is 14.2. The summed E-state index contributed by atoms with van der Waals surface area (Å²) in [5.74, 6) is 0.462. The Hall–Kier alpha value is -2.42. The summed E-state index contributed by atoms with van der Waals surface area (Å²) in [6.07, 6.45) is 3.24. The number of anilines is 2. The Kier molecular flexibility index (Phi) is 3.70. The monoisotopic (exact) mass is 306 g/mol. The first-order valence-electron chi connectivity index (χ1n) is 8.41. The molecule has 3 nitrogen and oxygen atoms in total. The number of nitrogens with zero attached hydrogens (tertiary/aromatic N) is 2. The molecule has 2 aromatic rings. The zero-order chi connectivity index (χ0) is 15.6. The second kappa shape index (κ2) is 5.99. The predicted molar refractivity (Wildman–Crippen MR) is 94.9 cm³/mol. The van der Waals surface area contributed by atoms with Gasteiger partial charge in [0.05, 0.1) is 6.04 Å². The Morgan fingerprint density at radius 3 is 2.17 bits per heavy atom. The zero-order valence-corrected chi connectivity index (χ0v) is 13.2. The van der Waals surface area contributed by atoms with Gasteiger partial charge in [0.25, 0.3) is 0 Å². The van der Waals surface area contributed by atoms with Gasteiger partial charge in [0.1, 0.15) is 0 Å². The van der Waals surface area contributed by atoms with E-state index in [0.29, 0.717) is 11.9 Å². The van der Waals surface area contributed by atoms with Crippen LogP contribution in [0, 0.1) is 0 Å². The van der Waals surface area contributed by atoms with Crippen molar-refractivity contribution >= 4 is 11.4 Å². The van der Waals surface area contributed by atoms with Crippen LogP contribution in [0.5, 0.6) is 0 Å². The summed E-state index contributed by atoms with van der Waals surface area (Å²) in [6, 6.07) is 21.1. The molecule has 0 bridgehead atoms. The van der Waals surface area contributed by atoms with E-state index >= 15 is 0 Å². The Labute approximate surface area is 137 Å². The van der Waals surface area contributed by atoms with E-state index in [1.54, 1.807) is 0 Å². The van der Waals surface area contributed by atoms with Gasteiger partial charge in [-0.1, -0.05) is 36.4 Å². The van der Waals surface area contributed by atoms with Crippen LogP contribution in [0.25, 0.3) is 0 Å². The fourth-order valence-electron chi connectivity index (χ4n) is 3.86. The van der Waals surface area contributed by atoms with Crippen molar-refractivity contribution < 1.29 is 5.11 Å². The van der Waals surface area contributed by atoms with Gasteiger partial charge in [0, 0.05) is 30.0 Å². The third kappa shape index (κ3) is 2.56. The molecule has 1 unspecified atom stereocenters. The molecule has 0 amide bonds. The molecule has 23 heavy (non-hydrogen) atoms. The van der Waals surface area contributed by atoms with Crippen molar-refractivity contribution in [3.8, 4) is 0 Å². The van der Waals surface area contributed by atoms with Gasteiger partial charge >= 0.3 is 0 Å². The molecule has 2 heterocycles. The molecule has 3 heteroatoms. The lowest BCUT2D eigenvalue weighted by molar-refractivity contribution is 0.392. The molecule has 2 aliphatic heterocycles. The lowest BCUT2D eigenvalue weighted by Gasteiger charge is -2.28. The number of rotatable bonds is 3. The second-order valence-electron chi connectivity index (χ2n) is 6.27. The molecular formula is C20H22N2O. The Bertz CT molecular complexity index is 696. The van der Waals surface area contributed by atoms with Gasteiger partial charge in [-0.25, -0.2) is 0 Å². The minimum atomic E-state index is 0.325. The highest BCUT2D eigenvalue weighted by molar-refractivity contribution is 5.57. The topological polar surface area (TPSA) is 26.7 Å². The van der Waals surface area contributed by atoms with E-state index < -0.39 is 0 Å². The lowest BCUT2D eigenvalue weighted by atomic mass is 10.0. The first-order valence-corrected chi connectivity index (χ1v) is 8.41. The van der Waals surface area contributed by atoms with Crippen LogP contribution in [0.3, 0.4) is 0 Å². The van der Waals surface area contributed by atoms with Crippen molar-refractivity contribution in [2.45, 2.75) is 25.3 Å². The van der Waals surface area contributed by atoms with Crippen LogP contribution < -0.4 is 9.80 Å². The molecule has 1 atom stereocenters. The molecule has 0 spiro atoms. The molecule has 4 rings (SSSR count). The summed E-state index contributed by atoms with van der Waals surface area (Å²) in [5, 5.41) is 10.8. The van der Waals surface area contributed by atoms with Gasteiger partial charge in [-0.15, -0.1) is 0 Å². The van der Waals surface area contributed by atoms with Gasteiger partial charge in [0.15, 0.2) is 5.88 Å². The van der Waals surface area contributed by atoms with Crippen LogP contribution in [0.15, 0.2) is 72.1 Å². The summed E-state index contributed by atoms with van der Waals surface area (Å²) < 4.78 is 0. The average molecular weight is 306 g/mol. The highest BCUT2D eigenvalue weighted by Crippen LogP contribution is 2.36. The average Bonchev–Trinajstić information content (AvgIpc) is 3.23. The Balaban J connectivity index is 1.63. The fourth-order valence-corrected chi connectivity index (χ4v) is 3.86. The van der Waals surface area contributed by atoms with Gasteiger partial charge in [-0.2, -0.15) is 0 Å². The van der Waals surface area contributed by atoms with Crippen molar-refractivity contribution in [1.29, 1.82) is 0 Å². The quantitative estimate of drug-likeness (QED) is 0.914. The Morgan fingerprint density at radius 2 is 1.48 bits per heavy atom. The minimum Gasteiger partial charge on any atom is -0.494 e. The number of aliphatic hydroxyl groups excluding tert-OH is 1. The largest absolute Gasteiger partial charge is 0.494 e. The van der Waals surface area contributed by atoms with Crippen molar-refractivity contribution in [1.82, 2.24) is 0 Å². The van der Waals surface area contributed by atoms with E-state index in [1.807, 2.05) is 23.1 Å². The first-order chi connectivity index (χ1) is 11.3. The van der Waals surface area contributed by atoms with Gasteiger partial charge < -0.3 is 14.9 Å². The predicted octanol–water partition coefficient (Wildman–Crippen LogP) is 4.34. The standard InChI is InChI=1S/C20H22N2O/c23-20-18(13-15-22(20)17-10-5-2-6-11-17)19-12-7-14-21(19)16-8-3-1-4-9-16/h1-6,8-11,19,23H,7,12-15H2. The van der Waals surface area contributed by atoms with E-state index in [-0.39, 0.29) is 0 Å². The normalized spacial score (nSPS) is 21.3. The maximum Gasteiger partial charge on any atom is 0.192 e. The molecule has 0 aromatic heterocycles. The van der Waals surface area contributed by atoms with Crippen molar-refractivity contribution in [3.63, 3.8) is 0 Å². The second-order valence-corrected chi connectivity index (χ2v) is 6.27. The van der Waals surface area contributed by atoms with Crippen LogP contribution in [0.4, 0.5) is 11.4 Å². The summed E-state index contributed by atoms with van der Waals surface area (Å²) >= 11 is 0. The van der Waals surface area contributed by atoms with Gasteiger partial charge in [0.2, 0.25) is 0 Å². The number of hydrogen-bond donors (Lipinski definition) is 1. The van der Waals surface area contributed by atoms with Crippen molar-refractivity contribution in [3.05, 3.63) is 72.1 Å². The fraction of sp³-hybridized carbons (Fsp3) is 0.300. The summed E-state index contributed by atoms with van der Waals surface area (Å²) in [7, 11) is 0. The molecule has 0 aliphatic carbocycles. The van der Waals surface area contributed by atoms with Crippen LogP contribution in [-0.2, 0) is 0 Å². The molecule has 1 saturated heterocycles. The van der Waals surface area contributed by atoms with E-state index in [9.17, 15) is 5.11 Å². The molecule has 0 saturated carbocycles.